The predicted octanol–water partition coefficient (Wildman–Crippen LogP) is 1.88. The van der Waals surface area contributed by atoms with Gasteiger partial charge in [-0.25, -0.2) is 9.75 Å². The molecule has 14 heavy (non-hydrogen) atoms. The lowest BCUT2D eigenvalue weighted by Crippen LogP contribution is -2.35. The first kappa shape index (κ1) is 7.10. The Morgan fingerprint density at radius 3 is 3.07 bits per heavy atom. The Labute approximate surface area is 102 Å². The van der Waals surface area contributed by atoms with Crippen molar-refractivity contribution in [2.45, 2.75) is 6.37 Å². The molecular formula is C7H15Cl2N2O2P. The number of nitrogens with zero attached hydrogens (tertiary/aromatic N) is 1. The molecule has 0 aliphatic carbocycles. The molecule has 0 bridgehead atoms. The van der Waals surface area contributed by atoms with Gasteiger partial charge in [0.05, 0.1) is 6.61 Å². The van der Waals surface area contributed by atoms with Crippen molar-refractivity contribution in [2.75, 3.05) is 38.0 Å². The van der Waals surface area contributed by atoms with Gasteiger partial charge >= 0.3 is 7.67 Å². The molecule has 1 heterocycles. The van der Waals surface area contributed by atoms with E-state index in [2.05, 4.69) is 0 Å². The molecule has 1 atom stereocenters. The van der Waals surface area contributed by atoms with Gasteiger partial charge in [0.1, 0.15) is 1.41 Å². The number of nitrogens with one attached hydrogen (secondary N) is 1. The molecule has 1 saturated heterocycles. The fraction of sp³-hybridized carbons (Fsp3) is 1.00. The summed E-state index contributed by atoms with van der Waals surface area (Å²) in [6, 6.07) is 0. The monoisotopic (exact) mass is 265 g/mol. The van der Waals surface area contributed by atoms with Crippen LogP contribution < -0.4 is 5.08 Å². The Morgan fingerprint density at radius 2 is 2.50 bits per heavy atom. The molecule has 7 heteroatoms. The molecular weight excluding hydrogens is 246 g/mol. The second-order valence-corrected chi connectivity index (χ2v) is 5.07. The van der Waals surface area contributed by atoms with Gasteiger partial charge in [-0.3, -0.25) is 4.57 Å². The fourth-order valence-corrected chi connectivity index (χ4v) is 2.97. The maximum atomic E-state index is 12.7. The summed E-state index contributed by atoms with van der Waals surface area (Å²) in [4.78, 5) is 0. The molecule has 1 aliphatic rings. The van der Waals surface area contributed by atoms with Crippen molar-refractivity contribution >= 4 is 30.9 Å². The Bertz CT molecular complexity index is 375. The van der Waals surface area contributed by atoms with Crippen LogP contribution in [0.5, 0.6) is 0 Å². The SMILES string of the molecule is [2H]N1CC([2H])([2H])COP1(=O)N(CCCl)C([2H])([2H])CCl. The van der Waals surface area contributed by atoms with E-state index in [0.717, 1.165) is 4.67 Å². The summed E-state index contributed by atoms with van der Waals surface area (Å²) in [5.74, 6) is -0.498. The van der Waals surface area contributed by atoms with Crippen molar-refractivity contribution in [3.8, 4) is 0 Å². The molecule has 0 spiro atoms. The van der Waals surface area contributed by atoms with E-state index in [4.69, 9.17) is 34.6 Å². The number of rotatable bonds is 5. The van der Waals surface area contributed by atoms with Gasteiger partial charge in [0.15, 0.2) is 0 Å². The number of hydrogen-bond donors (Lipinski definition) is 1. The average Bonchev–Trinajstić information content (AvgIpc) is 2.31. The van der Waals surface area contributed by atoms with Crippen LogP contribution in [-0.4, -0.2) is 42.6 Å². The molecule has 0 amide bonds. The van der Waals surface area contributed by atoms with Crippen molar-refractivity contribution in [1.29, 1.82) is 0 Å². The highest BCUT2D eigenvalue weighted by Crippen LogP contribution is 2.47. The lowest BCUT2D eigenvalue weighted by atomic mass is 10.5. The highest BCUT2D eigenvalue weighted by molar-refractivity contribution is 7.54. The summed E-state index contributed by atoms with van der Waals surface area (Å²) in [7, 11) is -4.00. The van der Waals surface area contributed by atoms with E-state index in [1.807, 2.05) is 0 Å². The minimum Gasteiger partial charge on any atom is -0.306 e. The topological polar surface area (TPSA) is 41.6 Å². The zero-order chi connectivity index (χ0) is 14.9. The van der Waals surface area contributed by atoms with Crippen LogP contribution in [0.1, 0.15) is 11.9 Å². The van der Waals surface area contributed by atoms with Gasteiger partial charge in [0, 0.05) is 36.8 Å². The summed E-state index contributed by atoms with van der Waals surface area (Å²) >= 11 is 11.1. The standard InChI is InChI=1S/C7H15Cl2N2O2P/c8-2-5-11(6-3-9)14(12)10-4-1-7-13-14/h1-7H2,(H,10,12)/i1D2,5D2/hD. The fourth-order valence-electron chi connectivity index (χ4n) is 0.945. The second kappa shape index (κ2) is 6.31. The van der Waals surface area contributed by atoms with Crippen LogP contribution in [-0.2, 0) is 9.09 Å². The summed E-state index contributed by atoms with van der Waals surface area (Å²) in [5, 5.41) is 0.452. The number of alkyl halides is 2. The molecule has 84 valence electrons. The molecule has 1 unspecified atom stereocenters. The molecule has 0 saturated carbocycles. The zero-order valence-corrected chi connectivity index (χ0v) is 9.86. The lowest BCUT2D eigenvalue weighted by Gasteiger charge is -2.33. The largest absolute Gasteiger partial charge is 0.343 e. The van der Waals surface area contributed by atoms with Crippen molar-refractivity contribution < 1.29 is 16.0 Å². The van der Waals surface area contributed by atoms with Gasteiger partial charge < -0.3 is 4.52 Å². The summed E-state index contributed by atoms with van der Waals surface area (Å²) in [6.07, 6.45) is -1.81. The molecule has 1 fully saturated rings. The van der Waals surface area contributed by atoms with E-state index >= 15 is 0 Å². The average molecular weight is 266 g/mol. The van der Waals surface area contributed by atoms with E-state index in [1.54, 1.807) is 0 Å². The van der Waals surface area contributed by atoms with Crippen LogP contribution >= 0.6 is 30.9 Å². The number of hydrogen-bond acceptors (Lipinski definition) is 2. The normalized spacial score (nSPS) is 39.5. The Balaban J connectivity index is 3.05. The predicted molar refractivity (Wildman–Crippen MR) is 59.2 cm³/mol. The molecule has 0 aromatic carbocycles. The van der Waals surface area contributed by atoms with Crippen LogP contribution in [0.2, 0.25) is 1.41 Å². The molecule has 0 aromatic heterocycles. The summed E-state index contributed by atoms with van der Waals surface area (Å²) in [5.41, 5.74) is 0. The van der Waals surface area contributed by atoms with Crippen molar-refractivity contribution in [3.05, 3.63) is 0 Å². The molecule has 0 radical (unpaired) electrons. The third-order valence-corrected chi connectivity index (χ3v) is 3.74. The van der Waals surface area contributed by atoms with Crippen molar-refractivity contribution in [1.82, 2.24) is 9.75 Å². The first-order chi connectivity index (χ1) is 8.59. The van der Waals surface area contributed by atoms with Crippen LogP contribution in [0.25, 0.3) is 0 Å². The summed E-state index contributed by atoms with van der Waals surface area (Å²) < 4.78 is 56.5. The minimum atomic E-state index is -4.00. The van der Waals surface area contributed by atoms with Gasteiger partial charge in [-0.1, -0.05) is 0 Å². The smallest absolute Gasteiger partial charge is 0.306 e. The lowest BCUT2D eigenvalue weighted by molar-refractivity contribution is 0.233. The maximum Gasteiger partial charge on any atom is 0.343 e. The van der Waals surface area contributed by atoms with Crippen LogP contribution in [0.3, 0.4) is 0 Å². The molecule has 1 aliphatic heterocycles. The van der Waals surface area contributed by atoms with Crippen LogP contribution in [0.4, 0.5) is 0 Å². The Kier molecular flexibility index (Phi) is 3.20. The van der Waals surface area contributed by atoms with Gasteiger partial charge in [0.25, 0.3) is 0 Å². The molecule has 1 N–H and O–H groups in total. The molecule has 0 aromatic rings. The highest BCUT2D eigenvalue weighted by atomic mass is 35.5. The summed E-state index contributed by atoms with van der Waals surface area (Å²) in [6.45, 7) is -3.22. The van der Waals surface area contributed by atoms with E-state index in [1.165, 1.54) is 0 Å². The third kappa shape index (κ3) is 3.37. The first-order valence-electron chi connectivity index (χ1n) is 6.45. The highest BCUT2D eigenvalue weighted by Gasteiger charge is 2.32. The zero-order valence-electron chi connectivity index (χ0n) is 12.4. The van der Waals surface area contributed by atoms with E-state index in [-0.39, 0.29) is 12.4 Å². The van der Waals surface area contributed by atoms with Crippen molar-refractivity contribution in [2.24, 2.45) is 0 Å². The van der Waals surface area contributed by atoms with E-state index < -0.39 is 39.6 Å². The Hall–Kier alpha value is 0.690. The van der Waals surface area contributed by atoms with Crippen molar-refractivity contribution in [3.63, 3.8) is 0 Å². The second-order valence-electron chi connectivity index (χ2n) is 2.42. The molecule has 1 rings (SSSR count). The number of halogens is 2. The van der Waals surface area contributed by atoms with E-state index in [9.17, 15) is 4.57 Å². The van der Waals surface area contributed by atoms with Crippen LogP contribution in [0.15, 0.2) is 0 Å². The van der Waals surface area contributed by atoms with Gasteiger partial charge in [-0.05, 0) is 6.37 Å². The van der Waals surface area contributed by atoms with Gasteiger partial charge in [0.2, 0.25) is 0 Å². The quantitative estimate of drug-likeness (QED) is 0.609. The van der Waals surface area contributed by atoms with E-state index in [0.29, 0.717) is 5.08 Å². The minimum absolute atomic E-state index is 0.0233. The molecule has 4 nitrogen and oxygen atoms in total. The maximum absolute atomic E-state index is 12.7. The van der Waals surface area contributed by atoms with Gasteiger partial charge in [-0.15, -0.1) is 23.2 Å². The van der Waals surface area contributed by atoms with Crippen LogP contribution in [0, 0.1) is 0 Å². The first-order valence-corrected chi connectivity index (χ1v) is 6.60. The third-order valence-electron chi connectivity index (χ3n) is 1.54. The van der Waals surface area contributed by atoms with Gasteiger partial charge in [-0.2, -0.15) is 0 Å². The Morgan fingerprint density at radius 1 is 1.71 bits per heavy atom.